The summed E-state index contributed by atoms with van der Waals surface area (Å²) < 4.78 is 0. The summed E-state index contributed by atoms with van der Waals surface area (Å²) in [4.78, 5) is 2.65. The van der Waals surface area contributed by atoms with Gasteiger partial charge in [-0.2, -0.15) is 0 Å². The molecule has 2 unspecified atom stereocenters. The maximum Gasteiger partial charge on any atom is 0.00948 e. The Morgan fingerprint density at radius 2 is 1.76 bits per heavy atom. The van der Waals surface area contributed by atoms with Crippen molar-refractivity contribution in [2.45, 2.75) is 70.4 Å². The Labute approximate surface area is 107 Å². The van der Waals surface area contributed by atoms with E-state index in [1.54, 1.807) is 0 Å². The van der Waals surface area contributed by atoms with Crippen LogP contribution in [-0.2, 0) is 0 Å². The fourth-order valence-corrected chi connectivity index (χ4v) is 3.73. The largest absolute Gasteiger partial charge is 0.328 e. The second kappa shape index (κ2) is 6.19. The Morgan fingerprint density at radius 1 is 1.06 bits per heavy atom. The third kappa shape index (κ3) is 3.96. The molecule has 0 bridgehead atoms. The van der Waals surface area contributed by atoms with E-state index in [0.29, 0.717) is 6.04 Å². The lowest BCUT2D eigenvalue weighted by Crippen LogP contribution is -2.40. The van der Waals surface area contributed by atoms with E-state index >= 15 is 0 Å². The van der Waals surface area contributed by atoms with Gasteiger partial charge in [-0.05, 0) is 57.4 Å². The van der Waals surface area contributed by atoms with Crippen molar-refractivity contribution >= 4 is 0 Å². The highest BCUT2D eigenvalue weighted by Gasteiger charge is 2.25. The lowest BCUT2D eigenvalue weighted by atomic mass is 9.83. The molecule has 2 aliphatic rings. The molecule has 0 aliphatic heterocycles. The van der Waals surface area contributed by atoms with E-state index in [9.17, 15) is 0 Å². The van der Waals surface area contributed by atoms with Crippen molar-refractivity contribution in [1.82, 2.24) is 4.90 Å². The molecule has 0 radical (unpaired) electrons. The predicted octanol–water partition coefficient (Wildman–Crippen LogP) is 3.01. The first-order chi connectivity index (χ1) is 8.15. The molecule has 2 heteroatoms. The second-order valence-electron chi connectivity index (χ2n) is 6.65. The van der Waals surface area contributed by atoms with Crippen LogP contribution in [0.25, 0.3) is 0 Å². The highest BCUT2D eigenvalue weighted by molar-refractivity contribution is 4.81. The van der Waals surface area contributed by atoms with Crippen molar-refractivity contribution in [2.24, 2.45) is 17.6 Å². The molecule has 0 amide bonds. The lowest BCUT2D eigenvalue weighted by Gasteiger charge is -2.37. The van der Waals surface area contributed by atoms with Crippen molar-refractivity contribution < 1.29 is 0 Å². The summed E-state index contributed by atoms with van der Waals surface area (Å²) in [5.41, 5.74) is 5.98. The molecule has 0 aromatic carbocycles. The van der Waals surface area contributed by atoms with E-state index in [2.05, 4.69) is 18.9 Å². The molecule has 0 aromatic rings. The van der Waals surface area contributed by atoms with Crippen LogP contribution in [0.2, 0.25) is 0 Å². The molecule has 2 rings (SSSR count). The molecular weight excluding hydrogens is 208 g/mol. The maximum atomic E-state index is 5.98. The summed E-state index contributed by atoms with van der Waals surface area (Å²) in [7, 11) is 2.34. The summed E-state index contributed by atoms with van der Waals surface area (Å²) in [6.07, 6.45) is 10.9. The predicted molar refractivity (Wildman–Crippen MR) is 74.0 cm³/mol. The molecule has 2 fully saturated rings. The first-order valence-electron chi connectivity index (χ1n) is 7.61. The van der Waals surface area contributed by atoms with Gasteiger partial charge in [-0.1, -0.05) is 19.8 Å². The molecule has 0 heterocycles. The molecule has 0 saturated heterocycles. The van der Waals surface area contributed by atoms with Gasteiger partial charge in [0.25, 0.3) is 0 Å². The van der Waals surface area contributed by atoms with Crippen molar-refractivity contribution in [3.63, 3.8) is 0 Å². The van der Waals surface area contributed by atoms with Gasteiger partial charge in [-0.3, -0.25) is 0 Å². The average Bonchev–Trinajstić information content (AvgIpc) is 2.32. The summed E-state index contributed by atoms with van der Waals surface area (Å²) in [5.74, 6) is 1.85. The van der Waals surface area contributed by atoms with Gasteiger partial charge in [0.2, 0.25) is 0 Å². The zero-order chi connectivity index (χ0) is 12.3. The molecule has 2 saturated carbocycles. The van der Waals surface area contributed by atoms with Gasteiger partial charge < -0.3 is 10.6 Å². The van der Waals surface area contributed by atoms with Crippen LogP contribution in [0.3, 0.4) is 0 Å². The highest BCUT2D eigenvalue weighted by atomic mass is 15.1. The second-order valence-corrected chi connectivity index (χ2v) is 6.65. The Morgan fingerprint density at radius 3 is 2.41 bits per heavy atom. The fraction of sp³-hybridized carbons (Fsp3) is 1.00. The molecular formula is C15H30N2. The van der Waals surface area contributed by atoms with E-state index in [0.717, 1.165) is 17.9 Å². The first-order valence-corrected chi connectivity index (χ1v) is 7.61. The third-order valence-electron chi connectivity index (χ3n) is 4.97. The molecule has 2 atom stereocenters. The highest BCUT2D eigenvalue weighted by Crippen LogP contribution is 2.29. The van der Waals surface area contributed by atoms with Gasteiger partial charge in [0.15, 0.2) is 0 Å². The van der Waals surface area contributed by atoms with E-state index in [4.69, 9.17) is 5.73 Å². The van der Waals surface area contributed by atoms with Crippen LogP contribution in [-0.4, -0.2) is 30.6 Å². The minimum absolute atomic E-state index is 0.492. The Kier molecular flexibility index (Phi) is 4.87. The van der Waals surface area contributed by atoms with Crippen molar-refractivity contribution in [3.05, 3.63) is 0 Å². The van der Waals surface area contributed by atoms with E-state index in [-0.39, 0.29) is 0 Å². The zero-order valence-electron chi connectivity index (χ0n) is 11.7. The first kappa shape index (κ1) is 13.4. The van der Waals surface area contributed by atoms with Gasteiger partial charge >= 0.3 is 0 Å². The van der Waals surface area contributed by atoms with Gasteiger partial charge in [0, 0.05) is 18.6 Å². The number of nitrogens with zero attached hydrogens (tertiary/aromatic N) is 1. The van der Waals surface area contributed by atoms with Crippen LogP contribution in [0.4, 0.5) is 0 Å². The van der Waals surface area contributed by atoms with Crippen LogP contribution in [0.15, 0.2) is 0 Å². The van der Waals surface area contributed by atoms with E-state index in [1.807, 2.05) is 0 Å². The van der Waals surface area contributed by atoms with Crippen molar-refractivity contribution in [3.8, 4) is 0 Å². The Bertz CT molecular complexity index is 221. The molecule has 17 heavy (non-hydrogen) atoms. The van der Waals surface area contributed by atoms with Gasteiger partial charge in [-0.25, -0.2) is 0 Å². The Balaban J connectivity index is 1.74. The van der Waals surface area contributed by atoms with Crippen LogP contribution in [0, 0.1) is 11.8 Å². The quantitative estimate of drug-likeness (QED) is 0.819. The topological polar surface area (TPSA) is 29.3 Å². The van der Waals surface area contributed by atoms with Crippen molar-refractivity contribution in [2.75, 3.05) is 13.6 Å². The molecule has 2 N–H and O–H groups in total. The zero-order valence-corrected chi connectivity index (χ0v) is 11.7. The maximum absolute atomic E-state index is 5.98. The van der Waals surface area contributed by atoms with Gasteiger partial charge in [0.1, 0.15) is 0 Å². The number of rotatable bonds is 3. The normalized spacial score (nSPS) is 39.5. The van der Waals surface area contributed by atoms with Crippen molar-refractivity contribution in [1.29, 1.82) is 0 Å². The molecule has 2 aliphatic carbocycles. The number of hydrogen-bond acceptors (Lipinski definition) is 2. The standard InChI is InChI=1S/C15H30N2/c1-12-4-3-5-15(10-12)17(2)11-13-6-8-14(16)9-7-13/h12-15H,3-11,16H2,1-2H3. The van der Waals surface area contributed by atoms with Gasteiger partial charge in [-0.15, -0.1) is 0 Å². The number of nitrogens with two attached hydrogens (primary N) is 1. The number of hydrogen-bond donors (Lipinski definition) is 1. The van der Waals surface area contributed by atoms with Crippen LogP contribution in [0.5, 0.6) is 0 Å². The van der Waals surface area contributed by atoms with Crippen LogP contribution < -0.4 is 5.73 Å². The van der Waals surface area contributed by atoms with Gasteiger partial charge in [0.05, 0.1) is 0 Å². The molecule has 2 nitrogen and oxygen atoms in total. The average molecular weight is 238 g/mol. The summed E-state index contributed by atoms with van der Waals surface area (Å²) in [6.45, 7) is 3.73. The smallest absolute Gasteiger partial charge is 0.00948 e. The molecule has 0 aromatic heterocycles. The van der Waals surface area contributed by atoms with Crippen LogP contribution >= 0.6 is 0 Å². The lowest BCUT2D eigenvalue weighted by molar-refractivity contribution is 0.130. The van der Waals surface area contributed by atoms with Crippen LogP contribution in [0.1, 0.15) is 58.3 Å². The summed E-state index contributed by atoms with van der Waals surface area (Å²) in [5, 5.41) is 0. The fourth-order valence-electron chi connectivity index (χ4n) is 3.73. The Hall–Kier alpha value is -0.0800. The SMILES string of the molecule is CC1CCCC(N(C)CC2CCC(N)CC2)C1. The minimum atomic E-state index is 0.492. The van der Waals surface area contributed by atoms with E-state index in [1.165, 1.54) is 57.9 Å². The van der Waals surface area contributed by atoms with E-state index < -0.39 is 0 Å². The summed E-state index contributed by atoms with van der Waals surface area (Å²) >= 11 is 0. The monoisotopic (exact) mass is 238 g/mol. The third-order valence-corrected chi connectivity index (χ3v) is 4.97. The molecule has 100 valence electrons. The molecule has 0 spiro atoms. The minimum Gasteiger partial charge on any atom is -0.328 e. The summed E-state index contributed by atoms with van der Waals surface area (Å²) in [6, 6.07) is 1.35.